The molecule has 1 aromatic carbocycles. The van der Waals surface area contributed by atoms with Crippen LogP contribution in [-0.2, 0) is 23.1 Å². The Balaban J connectivity index is 2.21. The van der Waals surface area contributed by atoms with Crippen molar-refractivity contribution < 1.29 is 8.42 Å². The lowest BCUT2D eigenvalue weighted by Crippen LogP contribution is -2.25. The molecular formula is C12H16N4O2S. The number of hydrogen-bond donors (Lipinski definition) is 3. The molecule has 19 heavy (non-hydrogen) atoms. The van der Waals surface area contributed by atoms with Crippen LogP contribution < -0.4 is 10.5 Å². The summed E-state index contributed by atoms with van der Waals surface area (Å²) in [6.07, 6.45) is 0. The van der Waals surface area contributed by atoms with Crippen molar-refractivity contribution in [3.63, 3.8) is 0 Å². The van der Waals surface area contributed by atoms with Crippen molar-refractivity contribution in [1.82, 2.24) is 14.9 Å². The van der Waals surface area contributed by atoms with Crippen molar-refractivity contribution in [1.29, 1.82) is 0 Å². The van der Waals surface area contributed by atoms with E-state index in [0.29, 0.717) is 11.4 Å². The monoisotopic (exact) mass is 280 g/mol. The van der Waals surface area contributed by atoms with Gasteiger partial charge in [0.05, 0.1) is 11.4 Å². The van der Waals surface area contributed by atoms with E-state index in [0.717, 1.165) is 5.56 Å². The minimum atomic E-state index is -3.61. The summed E-state index contributed by atoms with van der Waals surface area (Å²) in [6.45, 7) is 1.97. The van der Waals surface area contributed by atoms with Crippen molar-refractivity contribution in [3.8, 4) is 0 Å². The van der Waals surface area contributed by atoms with Crippen LogP contribution in [0.4, 0.5) is 0 Å². The number of hydrogen-bond acceptors (Lipinski definition) is 4. The maximum Gasteiger partial charge on any atom is 0.244 e. The normalized spacial score (nSPS) is 11.7. The number of sulfonamides is 1. The summed E-state index contributed by atoms with van der Waals surface area (Å²) in [5.41, 5.74) is 7.22. The van der Waals surface area contributed by atoms with E-state index in [2.05, 4.69) is 14.9 Å². The fourth-order valence-corrected chi connectivity index (χ4v) is 3.20. The highest BCUT2D eigenvalue weighted by molar-refractivity contribution is 7.89. The molecule has 0 radical (unpaired) electrons. The lowest BCUT2D eigenvalue weighted by atomic mass is 10.2. The molecule has 102 valence electrons. The standard InChI is InChI=1S/C12H16N4O2S/c1-9-12(11(7-13)16-15-9)19(17,18)14-8-10-5-3-2-4-6-10/h2-6,14H,7-8,13H2,1H3,(H,15,16). The van der Waals surface area contributed by atoms with Gasteiger partial charge in [0.2, 0.25) is 10.0 Å². The molecule has 0 unspecified atom stereocenters. The van der Waals surface area contributed by atoms with Crippen molar-refractivity contribution in [3.05, 3.63) is 47.3 Å². The van der Waals surface area contributed by atoms with Crippen LogP contribution in [0.25, 0.3) is 0 Å². The average molecular weight is 280 g/mol. The molecule has 1 heterocycles. The van der Waals surface area contributed by atoms with E-state index in [9.17, 15) is 8.42 Å². The van der Waals surface area contributed by atoms with Crippen molar-refractivity contribution in [2.24, 2.45) is 5.73 Å². The molecule has 0 saturated heterocycles. The molecule has 0 atom stereocenters. The second kappa shape index (κ2) is 5.52. The summed E-state index contributed by atoms with van der Waals surface area (Å²) < 4.78 is 27.0. The smallest absolute Gasteiger partial charge is 0.244 e. The Bertz CT molecular complexity index is 650. The van der Waals surface area contributed by atoms with Crippen LogP contribution in [-0.4, -0.2) is 18.6 Å². The van der Waals surface area contributed by atoms with Crippen LogP contribution in [0.15, 0.2) is 35.2 Å². The molecule has 0 aliphatic heterocycles. The lowest BCUT2D eigenvalue weighted by molar-refractivity contribution is 0.579. The minimum Gasteiger partial charge on any atom is -0.325 e. The third-order valence-corrected chi connectivity index (χ3v) is 4.34. The highest BCUT2D eigenvalue weighted by Crippen LogP contribution is 2.17. The van der Waals surface area contributed by atoms with Gasteiger partial charge in [-0.2, -0.15) is 5.10 Å². The van der Waals surface area contributed by atoms with Gasteiger partial charge in [-0.25, -0.2) is 13.1 Å². The SMILES string of the molecule is Cc1[nH]nc(CN)c1S(=O)(=O)NCc1ccccc1. The zero-order chi connectivity index (χ0) is 13.9. The molecule has 0 fully saturated rings. The fraction of sp³-hybridized carbons (Fsp3) is 0.250. The van der Waals surface area contributed by atoms with Crippen molar-refractivity contribution in [2.45, 2.75) is 24.9 Å². The van der Waals surface area contributed by atoms with E-state index in [1.807, 2.05) is 30.3 Å². The van der Waals surface area contributed by atoms with Crippen LogP contribution >= 0.6 is 0 Å². The zero-order valence-corrected chi connectivity index (χ0v) is 11.4. The molecule has 0 saturated carbocycles. The summed E-state index contributed by atoms with van der Waals surface area (Å²) in [4.78, 5) is 0.144. The van der Waals surface area contributed by atoms with Crippen LogP contribution in [0.2, 0.25) is 0 Å². The molecule has 0 aliphatic carbocycles. The Morgan fingerprint density at radius 3 is 2.63 bits per heavy atom. The molecule has 4 N–H and O–H groups in total. The third-order valence-electron chi connectivity index (χ3n) is 2.73. The molecule has 6 nitrogen and oxygen atoms in total. The number of aryl methyl sites for hydroxylation is 1. The number of nitrogens with one attached hydrogen (secondary N) is 2. The van der Waals surface area contributed by atoms with Crippen molar-refractivity contribution in [2.75, 3.05) is 0 Å². The van der Waals surface area contributed by atoms with Gasteiger partial charge in [0.1, 0.15) is 4.90 Å². The van der Waals surface area contributed by atoms with Crippen LogP contribution in [0, 0.1) is 6.92 Å². The molecule has 2 rings (SSSR count). The van der Waals surface area contributed by atoms with Crippen LogP contribution in [0.3, 0.4) is 0 Å². The average Bonchev–Trinajstić information content (AvgIpc) is 2.80. The third kappa shape index (κ3) is 3.01. The first-order valence-electron chi connectivity index (χ1n) is 5.82. The second-order valence-corrected chi connectivity index (χ2v) is 5.84. The van der Waals surface area contributed by atoms with Gasteiger partial charge in [-0.05, 0) is 12.5 Å². The van der Waals surface area contributed by atoms with E-state index in [4.69, 9.17) is 5.73 Å². The predicted octanol–water partition coefficient (Wildman–Crippen LogP) is 0.655. The van der Waals surface area contributed by atoms with Crippen LogP contribution in [0.5, 0.6) is 0 Å². The summed E-state index contributed by atoms with van der Waals surface area (Å²) in [5, 5.41) is 6.53. The molecule has 0 spiro atoms. The number of benzene rings is 1. The molecule has 2 aromatic rings. The number of aromatic amines is 1. The maximum atomic E-state index is 12.2. The highest BCUT2D eigenvalue weighted by atomic mass is 32.2. The summed E-state index contributed by atoms with van der Waals surface area (Å²) in [7, 11) is -3.61. The number of nitrogens with zero attached hydrogens (tertiary/aromatic N) is 1. The highest BCUT2D eigenvalue weighted by Gasteiger charge is 2.23. The summed E-state index contributed by atoms with van der Waals surface area (Å²) in [5.74, 6) is 0. The minimum absolute atomic E-state index is 0.0753. The number of aromatic nitrogens is 2. The molecule has 1 aromatic heterocycles. The fourth-order valence-electron chi connectivity index (χ4n) is 1.81. The van der Waals surface area contributed by atoms with E-state index >= 15 is 0 Å². The molecular weight excluding hydrogens is 264 g/mol. The first kappa shape index (κ1) is 13.7. The van der Waals surface area contributed by atoms with Gasteiger partial charge in [0.15, 0.2) is 0 Å². The van der Waals surface area contributed by atoms with Crippen molar-refractivity contribution >= 4 is 10.0 Å². The van der Waals surface area contributed by atoms with Gasteiger partial charge in [-0.3, -0.25) is 5.10 Å². The van der Waals surface area contributed by atoms with Crippen LogP contribution in [0.1, 0.15) is 17.0 Å². The van der Waals surface area contributed by atoms with Gasteiger partial charge in [0.25, 0.3) is 0 Å². The van der Waals surface area contributed by atoms with E-state index in [1.165, 1.54) is 0 Å². The Morgan fingerprint density at radius 1 is 1.32 bits per heavy atom. The quantitative estimate of drug-likeness (QED) is 0.748. The Kier molecular flexibility index (Phi) is 3.98. The molecule has 0 bridgehead atoms. The van der Waals surface area contributed by atoms with Gasteiger partial charge < -0.3 is 5.73 Å². The Labute approximate surface area is 112 Å². The van der Waals surface area contributed by atoms with Gasteiger partial charge in [-0.1, -0.05) is 30.3 Å². The Morgan fingerprint density at radius 2 is 2.00 bits per heavy atom. The number of rotatable bonds is 5. The molecule has 7 heteroatoms. The van der Waals surface area contributed by atoms with Gasteiger partial charge in [0, 0.05) is 13.1 Å². The predicted molar refractivity (Wildman–Crippen MR) is 71.7 cm³/mol. The summed E-state index contributed by atoms with van der Waals surface area (Å²) >= 11 is 0. The van der Waals surface area contributed by atoms with E-state index in [-0.39, 0.29) is 18.0 Å². The molecule has 0 amide bonds. The zero-order valence-electron chi connectivity index (χ0n) is 10.6. The lowest BCUT2D eigenvalue weighted by Gasteiger charge is -2.07. The number of H-pyrrole nitrogens is 1. The maximum absolute atomic E-state index is 12.2. The first-order chi connectivity index (χ1) is 9.04. The largest absolute Gasteiger partial charge is 0.325 e. The number of nitrogens with two attached hydrogens (primary N) is 1. The first-order valence-corrected chi connectivity index (χ1v) is 7.30. The van der Waals surface area contributed by atoms with Gasteiger partial charge >= 0.3 is 0 Å². The van der Waals surface area contributed by atoms with E-state index in [1.54, 1.807) is 6.92 Å². The topological polar surface area (TPSA) is 101 Å². The summed E-state index contributed by atoms with van der Waals surface area (Å²) in [6, 6.07) is 9.31. The Hall–Kier alpha value is -1.70. The second-order valence-electron chi connectivity index (χ2n) is 4.14. The van der Waals surface area contributed by atoms with E-state index < -0.39 is 10.0 Å². The van der Waals surface area contributed by atoms with Gasteiger partial charge in [-0.15, -0.1) is 0 Å². The molecule has 0 aliphatic rings.